The van der Waals surface area contributed by atoms with Crippen LogP contribution >= 0.6 is 0 Å². The van der Waals surface area contributed by atoms with Gasteiger partial charge in [-0.25, -0.2) is 0 Å². The monoisotopic (exact) mass is 334 g/mol. The number of carboxylic acid groups (broad SMARTS) is 2. The van der Waals surface area contributed by atoms with Crippen LogP contribution in [0, 0.1) is 0 Å². The van der Waals surface area contributed by atoms with Crippen molar-refractivity contribution < 1.29 is 15.0 Å². The largest absolute Gasteiger partial charge is 2.00 e. The van der Waals surface area contributed by atoms with Crippen molar-refractivity contribution in [3.63, 3.8) is 0 Å². The van der Waals surface area contributed by atoms with E-state index in [1.165, 1.54) is 5.56 Å². The summed E-state index contributed by atoms with van der Waals surface area (Å²) in [7, 11) is 0. The van der Waals surface area contributed by atoms with E-state index in [0.29, 0.717) is 0 Å². The molecular weight excluding hydrogens is 316 g/mol. The fourth-order valence-electron chi connectivity index (χ4n) is 1.47. The summed E-state index contributed by atoms with van der Waals surface area (Å²) >= 11 is 0. The summed E-state index contributed by atoms with van der Waals surface area (Å²) in [5.41, 5.74) is 3.45. The van der Waals surface area contributed by atoms with Crippen LogP contribution < -0.4 is 10.2 Å². The summed E-state index contributed by atoms with van der Waals surface area (Å²) in [5.74, 6) is 0. The predicted molar refractivity (Wildman–Crippen MR) is 94.3 cm³/mol. The molecule has 0 atom stereocenters. The third kappa shape index (κ3) is 12.4. The second-order valence-corrected chi connectivity index (χ2v) is 3.90. The first-order valence-corrected chi connectivity index (χ1v) is 6.44. The van der Waals surface area contributed by atoms with Gasteiger partial charge >= 0.3 is 37.7 Å². The molecule has 0 saturated heterocycles. The van der Waals surface area contributed by atoms with E-state index in [1.807, 2.05) is 72.8 Å². The Kier molecular flexibility index (Phi) is 15.4. The van der Waals surface area contributed by atoms with Crippen LogP contribution in [0.1, 0.15) is 16.7 Å². The van der Waals surface area contributed by atoms with Crippen molar-refractivity contribution in [2.75, 3.05) is 0 Å². The van der Waals surface area contributed by atoms with Gasteiger partial charge in [0.1, 0.15) is 0 Å². The Hall–Kier alpha value is -1.81. The maximum absolute atomic E-state index is 8.33. The molecule has 0 aliphatic carbocycles. The molecule has 0 aliphatic heterocycles. The second-order valence-electron chi connectivity index (χ2n) is 3.90. The summed E-state index contributed by atoms with van der Waals surface area (Å²) in [6.45, 7) is 11.0. The first-order chi connectivity index (χ1) is 10.5. The van der Waals surface area contributed by atoms with Crippen LogP contribution in [0.3, 0.4) is 0 Å². The molecule has 23 heavy (non-hydrogen) atoms. The van der Waals surface area contributed by atoms with Crippen LogP contribution in [0.15, 0.2) is 74.3 Å². The van der Waals surface area contributed by atoms with Gasteiger partial charge in [0.25, 0.3) is 0 Å². The Bertz CT molecular complexity index is 576. The maximum atomic E-state index is 8.33. The molecule has 0 aliphatic rings. The molecule has 0 N–H and O–H groups in total. The minimum atomic E-state index is -2.33. The molecule has 0 heterocycles. The number of hydrogen-bond donors (Lipinski definition) is 0. The minimum absolute atomic E-state index is 0. The third-order valence-electron chi connectivity index (χ3n) is 2.47. The zero-order chi connectivity index (χ0) is 16.8. The number of hydrogen-bond acceptors (Lipinski definition) is 3. The average Bonchev–Trinajstić information content (AvgIpc) is 2.55. The van der Waals surface area contributed by atoms with Gasteiger partial charge in [0.2, 0.25) is 0 Å². The van der Waals surface area contributed by atoms with Crippen LogP contribution in [0.2, 0.25) is 0 Å². The first-order valence-electron chi connectivity index (χ1n) is 6.44. The number of benzene rings is 2. The molecule has 0 amide bonds. The van der Waals surface area contributed by atoms with Gasteiger partial charge in [-0.3, -0.25) is 0 Å². The summed E-state index contributed by atoms with van der Waals surface area (Å²) in [6, 6.07) is 18.0. The van der Waals surface area contributed by atoms with Gasteiger partial charge in [-0.05, 0) is 22.8 Å². The maximum Gasteiger partial charge on any atom is 2.00 e. The number of carbonyl (C=O) groups is 1. The van der Waals surface area contributed by atoms with Gasteiger partial charge in [0.05, 0.1) is 0 Å². The van der Waals surface area contributed by atoms with Crippen molar-refractivity contribution in [2.24, 2.45) is 0 Å². The van der Waals surface area contributed by atoms with Crippen LogP contribution in [0.5, 0.6) is 0 Å². The van der Waals surface area contributed by atoms with Crippen LogP contribution in [0.25, 0.3) is 18.2 Å². The third-order valence-corrected chi connectivity index (χ3v) is 2.47. The molecule has 0 unspecified atom stereocenters. The Labute approximate surface area is 167 Å². The van der Waals surface area contributed by atoms with Crippen molar-refractivity contribution in [1.82, 2.24) is 0 Å². The normalized spacial score (nSPS) is 7.83. The van der Waals surface area contributed by atoms with E-state index >= 15 is 0 Å². The van der Waals surface area contributed by atoms with E-state index in [-0.39, 0.29) is 37.7 Å². The van der Waals surface area contributed by atoms with Crippen molar-refractivity contribution in [1.29, 1.82) is 0 Å². The quantitative estimate of drug-likeness (QED) is 0.810. The summed E-state index contributed by atoms with van der Waals surface area (Å²) in [5, 5.41) is 16.7. The van der Waals surface area contributed by atoms with Gasteiger partial charge < -0.3 is 15.0 Å². The predicted octanol–water partition coefficient (Wildman–Crippen LogP) is 2.47. The van der Waals surface area contributed by atoms with Crippen LogP contribution in [0.4, 0.5) is 4.79 Å². The smallest absolute Gasteiger partial charge is 0.652 e. The van der Waals surface area contributed by atoms with E-state index in [2.05, 4.69) is 19.7 Å². The van der Waals surface area contributed by atoms with E-state index in [9.17, 15) is 0 Å². The summed E-state index contributed by atoms with van der Waals surface area (Å²) in [6.07, 6.45) is 3.16. The molecule has 2 aromatic carbocycles. The van der Waals surface area contributed by atoms with Gasteiger partial charge in [-0.1, -0.05) is 92.6 Å². The molecule has 0 bridgehead atoms. The van der Waals surface area contributed by atoms with E-state index < -0.39 is 6.16 Å². The standard InChI is InChI=1S/C10H10.C8H8.CH2O3.Ca/c1-3-9-7-5-6-8-10(9)4-2;1-2-8-6-4-3-5-7-8;2-1(3)4;/h3-8H,1-2H2;2-7H,1H2;(H2,2,3,4);/q;;;+2/p-2. The average molecular weight is 334 g/mol. The van der Waals surface area contributed by atoms with Crippen LogP contribution in [-0.4, -0.2) is 43.9 Å². The van der Waals surface area contributed by atoms with E-state index in [4.69, 9.17) is 15.0 Å². The number of rotatable bonds is 3. The van der Waals surface area contributed by atoms with Gasteiger partial charge in [0.15, 0.2) is 0 Å². The van der Waals surface area contributed by atoms with Gasteiger partial charge in [-0.15, -0.1) is 0 Å². The van der Waals surface area contributed by atoms with Crippen molar-refractivity contribution >= 4 is 62.1 Å². The van der Waals surface area contributed by atoms with Crippen LogP contribution in [-0.2, 0) is 0 Å². The number of carbonyl (C=O) groups excluding carboxylic acids is 1. The topological polar surface area (TPSA) is 63.2 Å². The molecule has 0 spiro atoms. The van der Waals surface area contributed by atoms with Crippen molar-refractivity contribution in [2.45, 2.75) is 0 Å². The molecule has 114 valence electrons. The molecule has 2 aromatic rings. The SMILES string of the molecule is C=Cc1ccccc1.C=Cc1ccccc1C=C.O=C([O-])[O-].[Ca+2]. The van der Waals surface area contributed by atoms with E-state index in [0.717, 1.165) is 11.1 Å². The molecule has 0 fully saturated rings. The fourth-order valence-corrected chi connectivity index (χ4v) is 1.47. The summed E-state index contributed by atoms with van der Waals surface area (Å²) in [4.78, 5) is 8.33. The molecule has 0 aromatic heterocycles. The Morgan fingerprint density at radius 1 is 0.739 bits per heavy atom. The minimum Gasteiger partial charge on any atom is -0.652 e. The second kappa shape index (κ2) is 15.1. The molecule has 0 saturated carbocycles. The zero-order valence-corrected chi connectivity index (χ0v) is 15.2. The van der Waals surface area contributed by atoms with Gasteiger partial charge in [0, 0.05) is 0 Å². The fraction of sp³-hybridized carbons (Fsp3) is 0. The zero-order valence-electron chi connectivity index (χ0n) is 13.0. The first kappa shape index (κ1) is 23.5. The molecule has 2 rings (SSSR count). The van der Waals surface area contributed by atoms with Crippen molar-refractivity contribution in [3.8, 4) is 0 Å². The molecule has 4 heteroatoms. The van der Waals surface area contributed by atoms with E-state index in [1.54, 1.807) is 0 Å². The molecule has 3 nitrogen and oxygen atoms in total. The summed E-state index contributed by atoms with van der Waals surface area (Å²) < 4.78 is 0. The molecular formula is C19H18CaO3. The van der Waals surface area contributed by atoms with Gasteiger partial charge in [-0.2, -0.15) is 0 Å². The Balaban J connectivity index is 0. The molecule has 0 radical (unpaired) electrons. The van der Waals surface area contributed by atoms with Crippen molar-refractivity contribution in [3.05, 3.63) is 91.0 Å². The Morgan fingerprint density at radius 2 is 1.09 bits per heavy atom. The Morgan fingerprint density at radius 3 is 1.35 bits per heavy atom.